The van der Waals surface area contributed by atoms with Gasteiger partial charge in [-0.3, -0.25) is 9.59 Å². The van der Waals surface area contributed by atoms with Crippen molar-refractivity contribution in [2.75, 3.05) is 13.1 Å². The van der Waals surface area contributed by atoms with Crippen LogP contribution in [0.25, 0.3) is 5.57 Å². The van der Waals surface area contributed by atoms with E-state index in [0.29, 0.717) is 18.7 Å². The maximum atomic E-state index is 13.0. The highest BCUT2D eigenvalue weighted by Crippen LogP contribution is 2.23. The first kappa shape index (κ1) is 18.9. The minimum atomic E-state index is -0.524. The number of benzene rings is 2. The van der Waals surface area contributed by atoms with Crippen molar-refractivity contribution >= 4 is 17.4 Å². The Morgan fingerprint density at radius 2 is 1.59 bits per heavy atom. The van der Waals surface area contributed by atoms with Crippen LogP contribution in [-0.4, -0.2) is 35.8 Å². The fourth-order valence-corrected chi connectivity index (χ4v) is 3.31. The summed E-state index contributed by atoms with van der Waals surface area (Å²) in [7, 11) is 0. The molecule has 1 atom stereocenters. The predicted molar refractivity (Wildman–Crippen MR) is 108 cm³/mol. The van der Waals surface area contributed by atoms with Gasteiger partial charge in [0.15, 0.2) is 0 Å². The van der Waals surface area contributed by atoms with Gasteiger partial charge in [-0.05, 0) is 35.6 Å². The summed E-state index contributed by atoms with van der Waals surface area (Å²) < 4.78 is 0. The molecular formula is C23H26N2O2. The van der Waals surface area contributed by atoms with E-state index >= 15 is 0 Å². The van der Waals surface area contributed by atoms with E-state index in [1.807, 2.05) is 55.1 Å². The van der Waals surface area contributed by atoms with Crippen LogP contribution < -0.4 is 5.32 Å². The number of hydrogen-bond acceptors (Lipinski definition) is 2. The van der Waals surface area contributed by atoms with Gasteiger partial charge in [-0.2, -0.15) is 0 Å². The molecule has 0 unspecified atom stereocenters. The van der Waals surface area contributed by atoms with E-state index in [9.17, 15) is 9.59 Å². The van der Waals surface area contributed by atoms with Crippen molar-refractivity contribution in [3.05, 3.63) is 77.9 Å². The molecular weight excluding hydrogens is 336 g/mol. The van der Waals surface area contributed by atoms with Crippen molar-refractivity contribution in [1.82, 2.24) is 10.2 Å². The highest BCUT2D eigenvalue weighted by molar-refractivity contribution is 5.97. The van der Waals surface area contributed by atoms with Gasteiger partial charge in [0.2, 0.25) is 5.91 Å². The summed E-state index contributed by atoms with van der Waals surface area (Å²) in [6, 6.07) is 18.8. The Bertz CT molecular complexity index is 813. The van der Waals surface area contributed by atoms with Gasteiger partial charge in [0.1, 0.15) is 6.04 Å². The standard InChI is InChI=1S/C23H26N2O2/c1-17(2)21(24-22(26)20-11-7-4-8-12-20)23(27)25-15-13-19(14-16-25)18-9-5-3-6-10-18/h3-13,17,21H,14-16H2,1-2H3,(H,24,26)/t21-/m1/s1. The molecule has 2 aromatic carbocycles. The lowest BCUT2D eigenvalue weighted by atomic mass is 9.97. The molecule has 0 bridgehead atoms. The zero-order valence-electron chi connectivity index (χ0n) is 15.9. The van der Waals surface area contributed by atoms with Gasteiger partial charge in [-0.15, -0.1) is 0 Å². The van der Waals surface area contributed by atoms with Crippen molar-refractivity contribution in [1.29, 1.82) is 0 Å². The number of carbonyl (C=O) groups is 2. The Kier molecular flexibility index (Phi) is 6.07. The van der Waals surface area contributed by atoms with Crippen LogP contribution in [0.3, 0.4) is 0 Å². The SMILES string of the molecule is CC(C)[C@@H](NC(=O)c1ccccc1)C(=O)N1CC=C(c2ccccc2)CC1. The number of nitrogens with one attached hydrogen (secondary N) is 1. The van der Waals surface area contributed by atoms with E-state index < -0.39 is 6.04 Å². The highest BCUT2D eigenvalue weighted by Gasteiger charge is 2.29. The normalized spacial score (nSPS) is 15.2. The minimum Gasteiger partial charge on any atom is -0.340 e. The summed E-state index contributed by atoms with van der Waals surface area (Å²) in [6.07, 6.45) is 2.94. The Morgan fingerprint density at radius 1 is 0.963 bits per heavy atom. The van der Waals surface area contributed by atoms with E-state index in [0.717, 1.165) is 6.42 Å². The van der Waals surface area contributed by atoms with Gasteiger partial charge in [-0.25, -0.2) is 0 Å². The lowest BCUT2D eigenvalue weighted by Crippen LogP contribution is -2.52. The van der Waals surface area contributed by atoms with Crippen LogP contribution >= 0.6 is 0 Å². The number of hydrogen-bond donors (Lipinski definition) is 1. The second kappa shape index (κ2) is 8.67. The summed E-state index contributed by atoms with van der Waals surface area (Å²) in [6.45, 7) is 5.17. The topological polar surface area (TPSA) is 49.4 Å². The maximum Gasteiger partial charge on any atom is 0.251 e. The molecule has 0 fully saturated rings. The van der Waals surface area contributed by atoms with Crippen molar-refractivity contribution < 1.29 is 9.59 Å². The van der Waals surface area contributed by atoms with Crippen molar-refractivity contribution in [2.45, 2.75) is 26.3 Å². The molecule has 0 aromatic heterocycles. The van der Waals surface area contributed by atoms with Gasteiger partial charge in [-0.1, -0.05) is 68.5 Å². The zero-order valence-corrected chi connectivity index (χ0v) is 15.9. The summed E-state index contributed by atoms with van der Waals surface area (Å²) in [4.78, 5) is 27.4. The van der Waals surface area contributed by atoms with Gasteiger partial charge in [0.25, 0.3) is 5.91 Å². The second-order valence-corrected chi connectivity index (χ2v) is 7.19. The first-order valence-corrected chi connectivity index (χ1v) is 9.45. The van der Waals surface area contributed by atoms with Gasteiger partial charge in [0.05, 0.1) is 0 Å². The monoisotopic (exact) mass is 362 g/mol. The van der Waals surface area contributed by atoms with Crippen molar-refractivity contribution in [3.8, 4) is 0 Å². The van der Waals surface area contributed by atoms with Crippen LogP contribution in [0.15, 0.2) is 66.7 Å². The smallest absolute Gasteiger partial charge is 0.251 e. The molecule has 4 nitrogen and oxygen atoms in total. The lowest BCUT2D eigenvalue weighted by Gasteiger charge is -2.32. The van der Waals surface area contributed by atoms with Gasteiger partial charge >= 0.3 is 0 Å². The van der Waals surface area contributed by atoms with Crippen molar-refractivity contribution in [3.63, 3.8) is 0 Å². The average Bonchev–Trinajstić information content (AvgIpc) is 2.72. The molecule has 1 N–H and O–H groups in total. The first-order valence-electron chi connectivity index (χ1n) is 9.45. The van der Waals surface area contributed by atoms with E-state index in [4.69, 9.17) is 0 Å². The molecule has 0 radical (unpaired) electrons. The third-order valence-corrected chi connectivity index (χ3v) is 4.92. The maximum absolute atomic E-state index is 13.0. The Morgan fingerprint density at radius 3 is 2.15 bits per heavy atom. The fraction of sp³-hybridized carbons (Fsp3) is 0.304. The number of nitrogens with zero attached hydrogens (tertiary/aromatic N) is 1. The molecule has 4 heteroatoms. The molecule has 2 amide bonds. The third kappa shape index (κ3) is 4.64. The number of rotatable bonds is 5. The molecule has 2 aromatic rings. The van der Waals surface area contributed by atoms with E-state index in [2.05, 4.69) is 23.5 Å². The van der Waals surface area contributed by atoms with E-state index in [-0.39, 0.29) is 17.7 Å². The second-order valence-electron chi connectivity index (χ2n) is 7.19. The molecule has 0 saturated carbocycles. The summed E-state index contributed by atoms with van der Waals surface area (Å²) in [5.41, 5.74) is 3.05. The fourth-order valence-electron chi connectivity index (χ4n) is 3.31. The quantitative estimate of drug-likeness (QED) is 0.880. The summed E-state index contributed by atoms with van der Waals surface area (Å²) in [5.74, 6) is -0.206. The van der Waals surface area contributed by atoms with Crippen LogP contribution in [0.1, 0.15) is 36.2 Å². The third-order valence-electron chi connectivity index (χ3n) is 4.92. The van der Waals surface area contributed by atoms with E-state index in [1.165, 1.54) is 11.1 Å². The van der Waals surface area contributed by atoms with Crippen LogP contribution in [0.5, 0.6) is 0 Å². The molecule has 0 aliphatic carbocycles. The Labute approximate surface area is 160 Å². The van der Waals surface area contributed by atoms with Crippen molar-refractivity contribution in [2.24, 2.45) is 5.92 Å². The molecule has 0 saturated heterocycles. The average molecular weight is 362 g/mol. The molecule has 27 heavy (non-hydrogen) atoms. The Hall–Kier alpha value is -2.88. The molecule has 1 aliphatic rings. The molecule has 3 rings (SSSR count). The molecule has 0 spiro atoms. The number of amides is 2. The van der Waals surface area contributed by atoms with E-state index in [1.54, 1.807) is 12.1 Å². The first-order chi connectivity index (χ1) is 13.1. The minimum absolute atomic E-state index is 0.0161. The summed E-state index contributed by atoms with van der Waals surface area (Å²) >= 11 is 0. The van der Waals surface area contributed by atoms with Crippen LogP contribution in [0, 0.1) is 5.92 Å². The summed E-state index contributed by atoms with van der Waals surface area (Å²) in [5, 5.41) is 2.92. The predicted octanol–water partition coefficient (Wildman–Crippen LogP) is 3.76. The molecule has 140 valence electrons. The van der Waals surface area contributed by atoms with Crippen LogP contribution in [0.4, 0.5) is 0 Å². The molecule has 1 heterocycles. The van der Waals surface area contributed by atoms with Gasteiger partial charge in [0, 0.05) is 18.7 Å². The van der Waals surface area contributed by atoms with Gasteiger partial charge < -0.3 is 10.2 Å². The van der Waals surface area contributed by atoms with Crippen LogP contribution in [-0.2, 0) is 4.79 Å². The number of carbonyl (C=O) groups excluding carboxylic acids is 2. The van der Waals surface area contributed by atoms with Crippen LogP contribution in [0.2, 0.25) is 0 Å². The Balaban J connectivity index is 1.67. The molecule has 1 aliphatic heterocycles. The highest BCUT2D eigenvalue weighted by atomic mass is 16.2. The largest absolute Gasteiger partial charge is 0.340 e. The zero-order chi connectivity index (χ0) is 19.2. The lowest BCUT2D eigenvalue weighted by molar-refractivity contribution is -0.133.